The molecule has 6 nitrogen and oxygen atoms in total. The fourth-order valence-electron chi connectivity index (χ4n) is 8.31. The molecule has 0 bridgehead atoms. The number of aliphatic hydroxyl groups is 1. The van der Waals surface area contributed by atoms with Crippen molar-refractivity contribution in [3.05, 3.63) is 12.4 Å². The highest BCUT2D eigenvalue weighted by atomic mass is 16.5. The molecule has 0 amide bonds. The Balaban J connectivity index is 1.38. The van der Waals surface area contributed by atoms with Gasteiger partial charge in [0, 0.05) is 13.0 Å². The number of ether oxygens (including phenoxy) is 2. The molecule has 0 saturated heterocycles. The Hall–Kier alpha value is -1.40. The molecule has 3 aliphatic rings. The standard InChI is InChI=1S/C30H50N2O4/c1-6-22(28(33)19-32-18-25(17-31-32)36-21(2)3)10-11-23-8-7-9-27-26(23)13-12-24-16-29(4,34)14-15-30(24,27)20-35-5/h17-18,21-24,26-27,34H,6-16,19-20H2,1-5H3/t22-,23+,24-,26+,27+,29-,30-/m1/s1. The molecule has 204 valence electrons. The van der Waals surface area contributed by atoms with Crippen LogP contribution in [0.4, 0.5) is 0 Å². The van der Waals surface area contributed by atoms with E-state index in [1.807, 2.05) is 34.1 Å². The number of carbonyl (C=O) groups is 1. The number of nitrogens with zero attached hydrogens (tertiary/aromatic N) is 2. The molecule has 3 aliphatic carbocycles. The summed E-state index contributed by atoms with van der Waals surface area (Å²) in [6.45, 7) is 9.33. The summed E-state index contributed by atoms with van der Waals surface area (Å²) in [5.41, 5.74) is -0.289. The van der Waals surface area contributed by atoms with Crippen LogP contribution in [0.5, 0.6) is 5.75 Å². The maximum atomic E-state index is 13.2. The topological polar surface area (TPSA) is 73.6 Å². The molecule has 1 aromatic heterocycles. The van der Waals surface area contributed by atoms with E-state index in [2.05, 4.69) is 12.0 Å². The highest BCUT2D eigenvalue weighted by molar-refractivity contribution is 5.80. The lowest BCUT2D eigenvalue weighted by molar-refractivity contribution is -0.160. The first-order chi connectivity index (χ1) is 17.2. The summed E-state index contributed by atoms with van der Waals surface area (Å²) >= 11 is 0. The second kappa shape index (κ2) is 11.6. The zero-order chi connectivity index (χ0) is 25.9. The van der Waals surface area contributed by atoms with Crippen molar-refractivity contribution >= 4 is 5.78 Å². The van der Waals surface area contributed by atoms with Crippen LogP contribution in [0.1, 0.15) is 98.3 Å². The van der Waals surface area contributed by atoms with Crippen LogP contribution in [-0.2, 0) is 16.1 Å². The number of fused-ring (bicyclic) bond motifs is 3. The summed E-state index contributed by atoms with van der Waals surface area (Å²) < 4.78 is 13.3. The SMILES string of the molecule is CC[C@H](CC[C@@H]1CCC[C@H]2[C@H]1CC[C@@H]1C[C@](C)(O)CC[C@@]12COC)C(=O)Cn1cc(OC(C)C)cn1. The Morgan fingerprint density at radius 1 is 1.25 bits per heavy atom. The number of ketones is 1. The van der Waals surface area contributed by atoms with E-state index in [0.29, 0.717) is 24.3 Å². The van der Waals surface area contributed by atoms with E-state index in [9.17, 15) is 9.90 Å². The first-order valence-electron chi connectivity index (χ1n) is 14.6. The molecule has 0 aromatic carbocycles. The molecule has 1 aromatic rings. The van der Waals surface area contributed by atoms with Gasteiger partial charge in [-0.25, -0.2) is 0 Å². The highest BCUT2D eigenvalue weighted by Crippen LogP contribution is 2.62. The predicted octanol–water partition coefficient (Wildman–Crippen LogP) is 6.06. The molecule has 3 saturated carbocycles. The zero-order valence-electron chi connectivity index (χ0n) is 23.4. The third kappa shape index (κ3) is 6.01. The van der Waals surface area contributed by atoms with Gasteiger partial charge in [0.2, 0.25) is 0 Å². The maximum Gasteiger partial charge on any atom is 0.157 e. The minimum Gasteiger partial charge on any atom is -0.488 e. The molecular formula is C30H50N2O4. The summed E-state index contributed by atoms with van der Waals surface area (Å²) in [5.74, 6) is 3.83. The van der Waals surface area contributed by atoms with Gasteiger partial charge in [0.25, 0.3) is 0 Å². The minimum atomic E-state index is -0.520. The lowest BCUT2D eigenvalue weighted by Gasteiger charge is -2.60. The van der Waals surface area contributed by atoms with Crippen LogP contribution in [0.15, 0.2) is 12.4 Å². The van der Waals surface area contributed by atoms with Crippen LogP contribution >= 0.6 is 0 Å². The number of hydrogen-bond acceptors (Lipinski definition) is 5. The van der Waals surface area contributed by atoms with E-state index < -0.39 is 5.60 Å². The third-order valence-electron chi connectivity index (χ3n) is 9.97. The van der Waals surface area contributed by atoms with E-state index in [4.69, 9.17) is 9.47 Å². The van der Waals surface area contributed by atoms with Gasteiger partial charge in [-0.2, -0.15) is 5.10 Å². The largest absolute Gasteiger partial charge is 0.488 e. The summed E-state index contributed by atoms with van der Waals surface area (Å²) in [7, 11) is 1.86. The zero-order valence-corrected chi connectivity index (χ0v) is 23.4. The molecule has 36 heavy (non-hydrogen) atoms. The van der Waals surface area contributed by atoms with E-state index in [1.165, 1.54) is 32.1 Å². The average Bonchev–Trinajstić information content (AvgIpc) is 3.25. The Morgan fingerprint density at radius 3 is 2.78 bits per heavy atom. The number of carbonyl (C=O) groups excluding carboxylic acids is 1. The number of aromatic nitrogens is 2. The summed E-state index contributed by atoms with van der Waals surface area (Å²) in [5, 5.41) is 15.2. The van der Waals surface area contributed by atoms with Gasteiger partial charge < -0.3 is 14.6 Å². The molecular weight excluding hydrogens is 452 g/mol. The lowest BCUT2D eigenvalue weighted by atomic mass is 9.46. The van der Waals surface area contributed by atoms with Crippen molar-refractivity contribution in [1.29, 1.82) is 0 Å². The van der Waals surface area contributed by atoms with Gasteiger partial charge in [0.15, 0.2) is 11.5 Å². The lowest BCUT2D eigenvalue weighted by Crippen LogP contribution is -2.56. The molecule has 1 heterocycles. The molecule has 7 atom stereocenters. The fraction of sp³-hybridized carbons (Fsp3) is 0.867. The van der Waals surface area contributed by atoms with Gasteiger partial charge in [-0.05, 0) is 108 Å². The molecule has 0 aliphatic heterocycles. The first-order valence-corrected chi connectivity index (χ1v) is 14.6. The van der Waals surface area contributed by atoms with Gasteiger partial charge in [-0.15, -0.1) is 0 Å². The fourth-order valence-corrected chi connectivity index (χ4v) is 8.31. The van der Waals surface area contributed by atoms with E-state index in [1.54, 1.807) is 10.9 Å². The molecule has 4 rings (SSSR count). The minimum absolute atomic E-state index is 0.0955. The second-order valence-corrected chi connectivity index (χ2v) is 12.8. The molecule has 0 radical (unpaired) electrons. The van der Waals surface area contributed by atoms with E-state index in [0.717, 1.165) is 56.8 Å². The highest BCUT2D eigenvalue weighted by Gasteiger charge is 2.56. The normalized spacial score (nSPS) is 35.2. The van der Waals surface area contributed by atoms with Gasteiger partial charge in [0.05, 0.1) is 37.3 Å². The van der Waals surface area contributed by atoms with Crippen molar-refractivity contribution in [3.8, 4) is 5.75 Å². The van der Waals surface area contributed by atoms with Crippen molar-refractivity contribution in [1.82, 2.24) is 9.78 Å². The maximum absolute atomic E-state index is 13.2. The van der Waals surface area contributed by atoms with Crippen molar-refractivity contribution in [3.63, 3.8) is 0 Å². The quantitative estimate of drug-likeness (QED) is 0.398. The van der Waals surface area contributed by atoms with E-state index >= 15 is 0 Å². The Labute approximate surface area is 218 Å². The molecule has 1 N–H and O–H groups in total. The number of Topliss-reactive ketones (excluding diaryl/α,β-unsaturated/α-hetero) is 1. The van der Waals surface area contributed by atoms with Gasteiger partial charge in [-0.3, -0.25) is 9.48 Å². The van der Waals surface area contributed by atoms with Crippen molar-refractivity contribution in [2.24, 2.45) is 35.0 Å². The van der Waals surface area contributed by atoms with Crippen LogP contribution in [0, 0.1) is 35.0 Å². The number of rotatable bonds is 11. The van der Waals surface area contributed by atoms with Crippen LogP contribution in [0.25, 0.3) is 0 Å². The Morgan fingerprint density at radius 2 is 2.06 bits per heavy atom. The number of methoxy groups -OCH3 is 1. The van der Waals surface area contributed by atoms with Crippen LogP contribution < -0.4 is 4.74 Å². The van der Waals surface area contributed by atoms with Crippen LogP contribution in [0.2, 0.25) is 0 Å². The molecule has 0 spiro atoms. The second-order valence-electron chi connectivity index (χ2n) is 12.8. The summed E-state index contributed by atoms with van der Waals surface area (Å²) in [6.07, 6.45) is 16.0. The van der Waals surface area contributed by atoms with Crippen molar-refractivity contribution < 1.29 is 19.4 Å². The Kier molecular flexibility index (Phi) is 8.87. The Bertz CT molecular complexity index is 865. The monoisotopic (exact) mass is 502 g/mol. The van der Waals surface area contributed by atoms with E-state index in [-0.39, 0.29) is 23.2 Å². The summed E-state index contributed by atoms with van der Waals surface area (Å²) in [6, 6.07) is 0. The third-order valence-corrected chi connectivity index (χ3v) is 9.97. The van der Waals surface area contributed by atoms with Crippen molar-refractivity contribution in [2.75, 3.05) is 13.7 Å². The number of hydrogen-bond donors (Lipinski definition) is 1. The van der Waals surface area contributed by atoms with Gasteiger partial charge in [-0.1, -0.05) is 19.8 Å². The van der Waals surface area contributed by atoms with Crippen LogP contribution in [-0.4, -0.2) is 46.1 Å². The molecule has 0 unspecified atom stereocenters. The van der Waals surface area contributed by atoms with Gasteiger partial charge >= 0.3 is 0 Å². The molecule has 6 heteroatoms. The average molecular weight is 503 g/mol. The van der Waals surface area contributed by atoms with Crippen molar-refractivity contribution in [2.45, 2.75) is 117 Å². The van der Waals surface area contributed by atoms with Crippen LogP contribution in [0.3, 0.4) is 0 Å². The summed E-state index contributed by atoms with van der Waals surface area (Å²) in [4.78, 5) is 13.2. The van der Waals surface area contributed by atoms with Gasteiger partial charge in [0.1, 0.15) is 0 Å². The smallest absolute Gasteiger partial charge is 0.157 e. The molecule has 3 fully saturated rings. The first kappa shape index (κ1) is 27.6. The predicted molar refractivity (Wildman–Crippen MR) is 142 cm³/mol.